The normalized spacial score (nSPS) is 20.2. The number of carbonyl (C=O) groups is 1. The third kappa shape index (κ3) is 4.81. The molecule has 0 aliphatic heterocycles. The van der Waals surface area contributed by atoms with Gasteiger partial charge in [-0.15, -0.1) is 0 Å². The van der Waals surface area contributed by atoms with Crippen molar-refractivity contribution in [2.75, 3.05) is 0 Å². The van der Waals surface area contributed by atoms with Crippen LogP contribution in [0.25, 0.3) is 0 Å². The van der Waals surface area contributed by atoms with E-state index in [0.717, 1.165) is 49.1 Å². The van der Waals surface area contributed by atoms with Crippen molar-refractivity contribution in [2.45, 2.75) is 64.5 Å². The summed E-state index contributed by atoms with van der Waals surface area (Å²) in [5.74, 6) is 0.801. The van der Waals surface area contributed by atoms with E-state index in [9.17, 15) is 4.79 Å². The average molecular weight is 342 g/mol. The van der Waals surface area contributed by atoms with Gasteiger partial charge in [-0.2, -0.15) is 5.10 Å². The molecule has 0 spiro atoms. The molecule has 134 valence electrons. The fraction of sp³-hybridized carbons (Fsp3) is 0.526. The molecule has 6 heteroatoms. The summed E-state index contributed by atoms with van der Waals surface area (Å²) in [7, 11) is 0. The van der Waals surface area contributed by atoms with E-state index < -0.39 is 0 Å². The van der Waals surface area contributed by atoms with Gasteiger partial charge < -0.3 is 10.1 Å². The maximum absolute atomic E-state index is 12.2. The number of rotatable bonds is 6. The number of amides is 1. The molecule has 3 rings (SSSR count). The van der Waals surface area contributed by atoms with Gasteiger partial charge in [0.1, 0.15) is 6.10 Å². The molecular weight excluding hydrogens is 316 g/mol. The van der Waals surface area contributed by atoms with Crippen molar-refractivity contribution < 1.29 is 9.53 Å². The van der Waals surface area contributed by atoms with Crippen LogP contribution in [0.15, 0.2) is 24.4 Å². The third-order valence-corrected chi connectivity index (χ3v) is 4.85. The molecule has 6 nitrogen and oxygen atoms in total. The summed E-state index contributed by atoms with van der Waals surface area (Å²) in [5.41, 5.74) is 3.19. The monoisotopic (exact) mass is 342 g/mol. The highest BCUT2D eigenvalue weighted by molar-refractivity contribution is 5.76. The topological polar surface area (TPSA) is 79.9 Å². The second kappa shape index (κ2) is 8.14. The Morgan fingerprint density at radius 2 is 2.08 bits per heavy atom. The minimum Gasteiger partial charge on any atom is -0.474 e. The Balaban J connectivity index is 1.39. The molecule has 2 N–H and O–H groups in total. The number of nitrogens with zero attached hydrogens (tertiary/aromatic N) is 2. The largest absolute Gasteiger partial charge is 0.474 e. The molecule has 0 unspecified atom stereocenters. The van der Waals surface area contributed by atoms with E-state index in [1.807, 2.05) is 32.0 Å². The Labute approximate surface area is 148 Å². The molecule has 2 heterocycles. The molecule has 2 aromatic heterocycles. The predicted molar refractivity (Wildman–Crippen MR) is 95.4 cm³/mol. The molecule has 0 bridgehead atoms. The van der Waals surface area contributed by atoms with E-state index >= 15 is 0 Å². The zero-order valence-corrected chi connectivity index (χ0v) is 14.9. The fourth-order valence-corrected chi connectivity index (χ4v) is 3.39. The Morgan fingerprint density at radius 3 is 2.72 bits per heavy atom. The molecule has 0 radical (unpaired) electrons. The maximum atomic E-state index is 12.2. The number of aromatic amines is 1. The Kier molecular flexibility index (Phi) is 5.68. The van der Waals surface area contributed by atoms with Crippen molar-refractivity contribution in [3.63, 3.8) is 0 Å². The van der Waals surface area contributed by atoms with Crippen molar-refractivity contribution >= 4 is 5.91 Å². The second-order valence-corrected chi connectivity index (χ2v) is 6.74. The molecule has 1 saturated carbocycles. The van der Waals surface area contributed by atoms with Gasteiger partial charge in [-0.1, -0.05) is 6.07 Å². The van der Waals surface area contributed by atoms with Gasteiger partial charge in [0.2, 0.25) is 11.8 Å². The van der Waals surface area contributed by atoms with Crippen LogP contribution < -0.4 is 10.1 Å². The van der Waals surface area contributed by atoms with Gasteiger partial charge in [-0.05, 0) is 57.6 Å². The smallest absolute Gasteiger partial charge is 0.220 e. The number of pyridine rings is 1. The summed E-state index contributed by atoms with van der Waals surface area (Å²) >= 11 is 0. The Hall–Kier alpha value is -2.37. The van der Waals surface area contributed by atoms with E-state index in [1.54, 1.807) is 6.20 Å². The first kappa shape index (κ1) is 17.5. The molecule has 1 aliphatic carbocycles. The number of ether oxygens (including phenoxy) is 1. The van der Waals surface area contributed by atoms with Crippen molar-refractivity contribution in [3.05, 3.63) is 41.3 Å². The number of aryl methyl sites for hydroxylation is 2. The molecular formula is C19H26N4O2. The summed E-state index contributed by atoms with van der Waals surface area (Å²) in [4.78, 5) is 16.4. The van der Waals surface area contributed by atoms with Gasteiger partial charge in [0, 0.05) is 30.4 Å². The quantitative estimate of drug-likeness (QED) is 0.846. The Morgan fingerprint density at radius 1 is 1.28 bits per heavy atom. The summed E-state index contributed by atoms with van der Waals surface area (Å²) in [6.07, 6.45) is 6.97. The highest BCUT2D eigenvalue weighted by atomic mass is 16.5. The van der Waals surface area contributed by atoms with Crippen LogP contribution >= 0.6 is 0 Å². The van der Waals surface area contributed by atoms with Crippen LogP contribution in [0.3, 0.4) is 0 Å². The van der Waals surface area contributed by atoms with Gasteiger partial charge in [0.05, 0.1) is 5.69 Å². The van der Waals surface area contributed by atoms with Crippen molar-refractivity contribution in [3.8, 4) is 5.88 Å². The lowest BCUT2D eigenvalue weighted by molar-refractivity contribution is -0.122. The van der Waals surface area contributed by atoms with Crippen molar-refractivity contribution in [2.24, 2.45) is 0 Å². The first-order chi connectivity index (χ1) is 12.1. The van der Waals surface area contributed by atoms with Gasteiger partial charge in [0.15, 0.2) is 0 Å². The standard InChI is InChI=1S/C19H26N4O2/c1-13-17(14(2)23-22-13)10-11-18(24)21-15-6-8-16(9-7-15)25-19-5-3-4-12-20-19/h3-5,12,15-16H,6-11H2,1-2H3,(H,21,24)(H,22,23). The summed E-state index contributed by atoms with van der Waals surface area (Å²) < 4.78 is 5.90. The van der Waals surface area contributed by atoms with E-state index in [2.05, 4.69) is 20.5 Å². The average Bonchev–Trinajstić information content (AvgIpc) is 2.94. The van der Waals surface area contributed by atoms with Crippen LogP contribution in [0.1, 0.15) is 49.1 Å². The van der Waals surface area contributed by atoms with E-state index in [0.29, 0.717) is 12.3 Å². The van der Waals surface area contributed by atoms with Crippen molar-refractivity contribution in [1.29, 1.82) is 0 Å². The number of hydrogen-bond donors (Lipinski definition) is 2. The molecule has 1 amide bonds. The lowest BCUT2D eigenvalue weighted by Gasteiger charge is -2.29. The minimum atomic E-state index is 0.120. The van der Waals surface area contributed by atoms with Crippen LogP contribution in [0, 0.1) is 13.8 Å². The molecule has 0 aromatic carbocycles. The summed E-state index contributed by atoms with van der Waals surface area (Å²) in [6.45, 7) is 3.97. The van der Waals surface area contributed by atoms with E-state index in [4.69, 9.17) is 4.74 Å². The third-order valence-electron chi connectivity index (χ3n) is 4.85. The van der Waals surface area contributed by atoms with Crippen LogP contribution in [-0.4, -0.2) is 33.2 Å². The predicted octanol–water partition coefficient (Wildman–Crippen LogP) is 2.86. The van der Waals surface area contributed by atoms with Crippen LogP contribution in [-0.2, 0) is 11.2 Å². The first-order valence-corrected chi connectivity index (χ1v) is 8.99. The lowest BCUT2D eigenvalue weighted by atomic mass is 9.92. The van der Waals surface area contributed by atoms with Gasteiger partial charge in [-0.25, -0.2) is 4.98 Å². The minimum absolute atomic E-state index is 0.120. The lowest BCUT2D eigenvalue weighted by Crippen LogP contribution is -2.39. The summed E-state index contributed by atoms with van der Waals surface area (Å²) in [6, 6.07) is 5.94. The van der Waals surface area contributed by atoms with E-state index in [1.165, 1.54) is 0 Å². The van der Waals surface area contributed by atoms with E-state index in [-0.39, 0.29) is 18.1 Å². The molecule has 2 aromatic rings. The molecule has 25 heavy (non-hydrogen) atoms. The molecule has 0 saturated heterocycles. The number of nitrogens with one attached hydrogen (secondary N) is 2. The van der Waals surface area contributed by atoms with Gasteiger partial charge in [0.25, 0.3) is 0 Å². The number of aromatic nitrogens is 3. The number of carbonyl (C=O) groups excluding carboxylic acids is 1. The highest BCUT2D eigenvalue weighted by Crippen LogP contribution is 2.23. The van der Waals surface area contributed by atoms with Crippen molar-refractivity contribution in [1.82, 2.24) is 20.5 Å². The summed E-state index contributed by atoms with van der Waals surface area (Å²) in [5, 5.41) is 10.3. The van der Waals surface area contributed by atoms with Crippen LogP contribution in [0.4, 0.5) is 0 Å². The SMILES string of the molecule is Cc1n[nH]c(C)c1CCC(=O)NC1CCC(Oc2ccccn2)CC1. The van der Waals surface area contributed by atoms with Gasteiger partial charge in [-0.3, -0.25) is 9.89 Å². The van der Waals surface area contributed by atoms with Crippen LogP contribution in [0.5, 0.6) is 5.88 Å². The number of hydrogen-bond acceptors (Lipinski definition) is 4. The zero-order valence-electron chi connectivity index (χ0n) is 14.9. The molecule has 1 fully saturated rings. The first-order valence-electron chi connectivity index (χ1n) is 8.99. The fourth-order valence-electron chi connectivity index (χ4n) is 3.39. The zero-order chi connectivity index (χ0) is 17.6. The number of H-pyrrole nitrogens is 1. The highest BCUT2D eigenvalue weighted by Gasteiger charge is 2.24. The Bertz CT molecular complexity index is 671. The molecule has 1 aliphatic rings. The van der Waals surface area contributed by atoms with Gasteiger partial charge >= 0.3 is 0 Å². The maximum Gasteiger partial charge on any atom is 0.220 e. The van der Waals surface area contributed by atoms with Crippen LogP contribution in [0.2, 0.25) is 0 Å². The molecule has 0 atom stereocenters. The second-order valence-electron chi connectivity index (χ2n) is 6.74.